The minimum atomic E-state index is -0.586. The van der Waals surface area contributed by atoms with Gasteiger partial charge in [0.15, 0.2) is 0 Å². The van der Waals surface area contributed by atoms with Crippen LogP contribution in [0.4, 0.5) is 11.4 Å². The van der Waals surface area contributed by atoms with Gasteiger partial charge in [0.2, 0.25) is 5.91 Å². The summed E-state index contributed by atoms with van der Waals surface area (Å²) in [6, 6.07) is 5.39. The van der Waals surface area contributed by atoms with E-state index in [0.29, 0.717) is 11.4 Å². The van der Waals surface area contributed by atoms with Gasteiger partial charge in [0.05, 0.1) is 16.1 Å². The predicted octanol–water partition coefficient (Wildman–Crippen LogP) is 3.03. The molecule has 0 fully saturated rings. The van der Waals surface area contributed by atoms with Crippen LogP contribution in [0.3, 0.4) is 0 Å². The molecule has 21 heavy (non-hydrogen) atoms. The van der Waals surface area contributed by atoms with Gasteiger partial charge in [-0.3, -0.25) is 19.6 Å². The number of halogens is 1. The number of aromatic nitrogens is 2. The highest BCUT2D eigenvalue weighted by Crippen LogP contribution is 2.25. The normalized spacial score (nSPS) is 11.9. The third kappa shape index (κ3) is 3.38. The van der Waals surface area contributed by atoms with E-state index >= 15 is 0 Å². The average molecular weight is 309 g/mol. The molecule has 1 aromatic heterocycles. The molecule has 0 radical (unpaired) electrons. The number of carbonyl (C=O) groups is 1. The summed E-state index contributed by atoms with van der Waals surface area (Å²) < 4.78 is 1.44. The van der Waals surface area contributed by atoms with E-state index in [1.807, 2.05) is 6.92 Å². The zero-order valence-electron chi connectivity index (χ0n) is 11.2. The summed E-state index contributed by atoms with van der Waals surface area (Å²) in [5, 5.41) is 17.9. The van der Waals surface area contributed by atoms with E-state index in [1.165, 1.54) is 29.2 Å². The second-order valence-electron chi connectivity index (χ2n) is 4.33. The lowest BCUT2D eigenvalue weighted by atomic mass is 10.2. The van der Waals surface area contributed by atoms with Crippen molar-refractivity contribution in [2.75, 3.05) is 5.32 Å². The van der Waals surface area contributed by atoms with Gasteiger partial charge >= 0.3 is 0 Å². The van der Waals surface area contributed by atoms with Crippen molar-refractivity contribution in [1.82, 2.24) is 9.78 Å². The zero-order chi connectivity index (χ0) is 15.4. The van der Waals surface area contributed by atoms with E-state index in [0.717, 1.165) is 0 Å². The fourth-order valence-corrected chi connectivity index (χ4v) is 2.08. The molecule has 0 saturated heterocycles. The van der Waals surface area contributed by atoms with Crippen LogP contribution in [0.5, 0.6) is 0 Å². The Bertz CT molecular complexity index is 671. The van der Waals surface area contributed by atoms with Gasteiger partial charge in [-0.15, -0.1) is 0 Å². The Kier molecular flexibility index (Phi) is 4.54. The summed E-state index contributed by atoms with van der Waals surface area (Å²) in [6.07, 6.45) is 3.45. The fraction of sp³-hybridized carbons (Fsp3) is 0.231. The largest absolute Gasteiger partial charge is 0.318 e. The van der Waals surface area contributed by atoms with Crippen molar-refractivity contribution in [3.05, 3.63) is 51.8 Å². The van der Waals surface area contributed by atoms with Gasteiger partial charge in [0, 0.05) is 12.3 Å². The monoisotopic (exact) mass is 308 g/mol. The smallest absolute Gasteiger partial charge is 0.292 e. The van der Waals surface area contributed by atoms with Crippen molar-refractivity contribution < 1.29 is 9.72 Å². The number of hydrogen-bond donors (Lipinski definition) is 1. The van der Waals surface area contributed by atoms with Crippen LogP contribution < -0.4 is 5.32 Å². The maximum absolute atomic E-state index is 12.3. The maximum Gasteiger partial charge on any atom is 0.292 e. The summed E-state index contributed by atoms with van der Waals surface area (Å²) in [6.45, 7) is 1.82. The van der Waals surface area contributed by atoms with Crippen LogP contribution in [0, 0.1) is 10.1 Å². The number of benzene rings is 1. The van der Waals surface area contributed by atoms with Crippen LogP contribution in [0.15, 0.2) is 36.7 Å². The summed E-state index contributed by atoms with van der Waals surface area (Å²) in [4.78, 5) is 22.7. The second kappa shape index (κ2) is 6.36. The molecule has 0 aliphatic rings. The van der Waals surface area contributed by atoms with Crippen molar-refractivity contribution >= 4 is 28.9 Å². The molecule has 7 nitrogen and oxygen atoms in total. The molecule has 1 unspecified atom stereocenters. The van der Waals surface area contributed by atoms with E-state index < -0.39 is 11.0 Å². The van der Waals surface area contributed by atoms with Crippen molar-refractivity contribution in [3.8, 4) is 0 Å². The first-order valence-corrected chi connectivity index (χ1v) is 6.64. The van der Waals surface area contributed by atoms with E-state index in [2.05, 4.69) is 10.4 Å². The molecule has 2 rings (SSSR count). The summed E-state index contributed by atoms with van der Waals surface area (Å²) in [5.74, 6) is -0.383. The fourth-order valence-electron chi connectivity index (χ4n) is 1.93. The van der Waals surface area contributed by atoms with Gasteiger partial charge in [-0.2, -0.15) is 5.10 Å². The molecule has 0 aliphatic carbocycles. The van der Waals surface area contributed by atoms with E-state index in [4.69, 9.17) is 11.6 Å². The topological polar surface area (TPSA) is 90.1 Å². The van der Waals surface area contributed by atoms with Crippen LogP contribution in [0.25, 0.3) is 0 Å². The van der Waals surface area contributed by atoms with Crippen molar-refractivity contribution in [2.24, 2.45) is 0 Å². The number of para-hydroxylation sites is 2. The van der Waals surface area contributed by atoms with Crippen LogP contribution in [0.1, 0.15) is 19.4 Å². The Morgan fingerprint density at radius 3 is 2.81 bits per heavy atom. The van der Waals surface area contributed by atoms with Crippen molar-refractivity contribution in [1.29, 1.82) is 0 Å². The molecule has 1 heterocycles. The first kappa shape index (κ1) is 15.0. The molecule has 0 bridgehead atoms. The third-order valence-electron chi connectivity index (χ3n) is 2.94. The first-order valence-electron chi connectivity index (χ1n) is 6.27. The number of hydrogen-bond acceptors (Lipinski definition) is 4. The van der Waals surface area contributed by atoms with Crippen LogP contribution in [-0.2, 0) is 4.79 Å². The number of rotatable bonds is 5. The van der Waals surface area contributed by atoms with E-state index in [9.17, 15) is 14.9 Å². The number of anilines is 1. The molecule has 0 spiro atoms. The molecular weight excluding hydrogens is 296 g/mol. The van der Waals surface area contributed by atoms with E-state index in [1.54, 1.807) is 12.1 Å². The Hall–Kier alpha value is -2.41. The van der Waals surface area contributed by atoms with Crippen molar-refractivity contribution in [2.45, 2.75) is 19.4 Å². The SMILES string of the molecule is CCC(C(=O)Nc1ccccc1[N+](=O)[O-])n1cc(Cl)cn1. The number of nitro groups is 1. The summed E-state index contributed by atoms with van der Waals surface area (Å²) in [5.41, 5.74) is 0.00315. The summed E-state index contributed by atoms with van der Waals surface area (Å²) >= 11 is 5.79. The maximum atomic E-state index is 12.3. The predicted molar refractivity (Wildman–Crippen MR) is 78.3 cm³/mol. The molecule has 8 heteroatoms. The number of nitro benzene ring substituents is 1. The van der Waals surface area contributed by atoms with Gasteiger partial charge in [-0.05, 0) is 12.5 Å². The van der Waals surface area contributed by atoms with Gasteiger partial charge < -0.3 is 5.32 Å². The highest BCUT2D eigenvalue weighted by atomic mass is 35.5. The molecular formula is C13H13ClN4O3. The Morgan fingerprint density at radius 1 is 1.52 bits per heavy atom. The second-order valence-corrected chi connectivity index (χ2v) is 4.76. The first-order chi connectivity index (χ1) is 10.0. The molecule has 1 amide bonds. The summed E-state index contributed by atoms with van der Waals surface area (Å²) in [7, 11) is 0. The number of amides is 1. The third-order valence-corrected chi connectivity index (χ3v) is 3.13. The van der Waals surface area contributed by atoms with Gasteiger partial charge in [-0.1, -0.05) is 30.7 Å². The van der Waals surface area contributed by atoms with E-state index in [-0.39, 0.29) is 17.3 Å². The van der Waals surface area contributed by atoms with Gasteiger partial charge in [0.1, 0.15) is 11.7 Å². The minimum Gasteiger partial charge on any atom is -0.318 e. The van der Waals surface area contributed by atoms with Gasteiger partial charge in [-0.25, -0.2) is 0 Å². The molecule has 1 N–H and O–H groups in total. The number of carbonyl (C=O) groups excluding carboxylic acids is 1. The molecule has 0 aliphatic heterocycles. The average Bonchev–Trinajstić information content (AvgIpc) is 2.86. The highest BCUT2D eigenvalue weighted by molar-refractivity contribution is 6.30. The zero-order valence-corrected chi connectivity index (χ0v) is 11.9. The Morgan fingerprint density at radius 2 is 2.24 bits per heavy atom. The Balaban J connectivity index is 2.22. The minimum absolute atomic E-state index is 0.154. The Labute approximate surface area is 125 Å². The number of nitrogens with one attached hydrogen (secondary N) is 1. The molecule has 1 atom stereocenters. The number of nitrogens with zero attached hydrogens (tertiary/aromatic N) is 3. The lowest BCUT2D eigenvalue weighted by Crippen LogP contribution is -2.26. The van der Waals surface area contributed by atoms with Gasteiger partial charge in [0.25, 0.3) is 5.69 Å². The molecule has 110 valence electrons. The molecule has 0 saturated carbocycles. The standard InChI is InChI=1S/C13H13ClN4O3/c1-2-11(17-8-9(14)7-15-17)13(19)16-10-5-3-4-6-12(10)18(20)21/h3-8,11H,2H2,1H3,(H,16,19). The van der Waals surface area contributed by atoms with Crippen LogP contribution in [-0.4, -0.2) is 20.6 Å². The molecule has 2 aromatic rings. The van der Waals surface area contributed by atoms with Crippen molar-refractivity contribution in [3.63, 3.8) is 0 Å². The lowest BCUT2D eigenvalue weighted by Gasteiger charge is -2.15. The molecule has 1 aromatic carbocycles. The highest BCUT2D eigenvalue weighted by Gasteiger charge is 2.22. The van der Waals surface area contributed by atoms with Crippen LogP contribution in [0.2, 0.25) is 5.02 Å². The lowest BCUT2D eigenvalue weighted by molar-refractivity contribution is -0.383. The van der Waals surface area contributed by atoms with Crippen LogP contribution >= 0.6 is 11.6 Å². The quantitative estimate of drug-likeness (QED) is 0.679.